The number of nitrogens with two attached hydrogens (primary N) is 1. The van der Waals surface area contributed by atoms with Crippen molar-refractivity contribution in [1.29, 1.82) is 0 Å². The van der Waals surface area contributed by atoms with Gasteiger partial charge in [0.25, 0.3) is 0 Å². The number of nitrogens with one attached hydrogen (secondary N) is 14. The molecule has 0 bridgehead atoms. The third-order valence-electron chi connectivity index (χ3n) is 20.5. The van der Waals surface area contributed by atoms with Crippen LogP contribution in [0.1, 0.15) is 113 Å². The second-order valence-electron chi connectivity index (χ2n) is 31.3. The number of carbonyl (C=O) groups excluding carboxylic acids is 12. The largest absolute Gasteiger partial charge is 0.508 e. The van der Waals surface area contributed by atoms with E-state index in [-0.39, 0.29) is 59.6 Å². The Balaban J connectivity index is 0.943. The van der Waals surface area contributed by atoms with E-state index in [9.17, 15) is 132 Å². The third-order valence-corrected chi connectivity index (χ3v) is 20.8. The topological polar surface area (TPSA) is 698 Å². The first-order valence-electron chi connectivity index (χ1n) is 41.1. The van der Waals surface area contributed by atoms with Crippen molar-refractivity contribution < 1.29 is 132 Å². The Morgan fingerprint density at radius 2 is 0.864 bits per heavy atom. The van der Waals surface area contributed by atoms with Gasteiger partial charge in [-0.15, -0.1) is 0 Å². The summed E-state index contributed by atoms with van der Waals surface area (Å²) in [5.41, 5.74) is 7.47. The van der Waals surface area contributed by atoms with E-state index in [2.05, 4.69) is 68.8 Å². The van der Waals surface area contributed by atoms with Crippen LogP contribution in [0.3, 0.4) is 0 Å². The Kier molecular flexibility index (Phi) is 36.5. The van der Waals surface area contributed by atoms with Gasteiger partial charge in [-0.05, 0) is 123 Å². The summed E-state index contributed by atoms with van der Waals surface area (Å²) in [6, 6.07) is 12.9. The average molecular weight is 1850 g/mol. The zero-order valence-electron chi connectivity index (χ0n) is 71.4. The summed E-state index contributed by atoms with van der Waals surface area (Å²) in [5, 5.41) is 113. The number of aliphatic hydroxyl groups is 1. The highest BCUT2D eigenvalue weighted by molar-refractivity contribution is 7.80. The summed E-state index contributed by atoms with van der Waals surface area (Å²) in [4.78, 5) is 259. The maximum absolute atomic E-state index is 14.7. The number of anilines is 1. The highest BCUT2D eigenvalue weighted by Crippen LogP contribution is 2.43. The van der Waals surface area contributed by atoms with Crippen molar-refractivity contribution in [2.45, 2.75) is 184 Å². The number of fused-ring (bicyclic) bond motifs is 3. The molecule has 0 spiro atoms. The van der Waals surface area contributed by atoms with Crippen LogP contribution in [-0.2, 0) is 101 Å². The van der Waals surface area contributed by atoms with Crippen LogP contribution in [0.25, 0.3) is 44.3 Å². The first-order chi connectivity index (χ1) is 62.4. The van der Waals surface area contributed by atoms with Gasteiger partial charge in [-0.1, -0.05) is 98.8 Å². The number of thiocarbonyl (C=S) groups is 1. The van der Waals surface area contributed by atoms with E-state index in [0.717, 1.165) is 13.8 Å². The Morgan fingerprint density at radius 3 is 1.37 bits per heavy atom. The highest BCUT2D eigenvalue weighted by Gasteiger charge is 2.40. The Bertz CT molecular complexity index is 5710. The Morgan fingerprint density at radius 1 is 0.424 bits per heavy atom. The van der Waals surface area contributed by atoms with Crippen LogP contribution < -0.4 is 80.3 Å². The molecule has 44 heteroatoms. The second-order valence-corrected chi connectivity index (χ2v) is 31.8. The van der Waals surface area contributed by atoms with Crippen LogP contribution in [0.2, 0.25) is 0 Å². The van der Waals surface area contributed by atoms with Gasteiger partial charge in [0.15, 0.2) is 10.5 Å². The number of amides is 12. The van der Waals surface area contributed by atoms with E-state index in [1.54, 1.807) is 72.8 Å². The van der Waals surface area contributed by atoms with E-state index < -0.39 is 247 Å². The van der Waals surface area contributed by atoms with Gasteiger partial charge in [-0.25, -0.2) is 4.79 Å². The fourth-order valence-corrected chi connectivity index (χ4v) is 14.1. The summed E-state index contributed by atoms with van der Waals surface area (Å²) in [5.74, 6) is -25.1. The van der Waals surface area contributed by atoms with Gasteiger partial charge in [-0.2, -0.15) is 0 Å². The van der Waals surface area contributed by atoms with Crippen LogP contribution in [0.5, 0.6) is 5.75 Å². The Hall–Kier alpha value is -15.8. The van der Waals surface area contributed by atoms with Gasteiger partial charge in [0.1, 0.15) is 89.6 Å². The maximum atomic E-state index is 14.7. The molecule has 0 unspecified atom stereocenters. The minimum atomic E-state index is -2.26. The fourth-order valence-electron chi connectivity index (χ4n) is 13.9. The molecule has 1 aliphatic carbocycles. The lowest BCUT2D eigenvalue weighted by molar-refractivity contribution is -0.143. The van der Waals surface area contributed by atoms with Crippen LogP contribution in [0.4, 0.5) is 5.69 Å². The molecule has 43 nitrogen and oxygen atoms in total. The van der Waals surface area contributed by atoms with Crippen molar-refractivity contribution in [3.63, 3.8) is 0 Å². The number of aliphatic hydroxyl groups excluding tert-OH is 1. The molecule has 6 aromatic rings. The van der Waals surface area contributed by atoms with E-state index >= 15 is 0 Å². The third kappa shape index (κ3) is 29.9. The number of hydrogen-bond donors (Lipinski definition) is 23. The number of aromatic nitrogens is 1. The molecule has 0 radical (unpaired) electrons. The summed E-state index contributed by atoms with van der Waals surface area (Å²) in [7, 11) is 0. The van der Waals surface area contributed by atoms with Crippen LogP contribution in [-0.4, -0.2) is 236 Å². The molecule has 12 amide bonds. The molecular weight excluding hydrogens is 1750 g/mol. The predicted molar refractivity (Wildman–Crippen MR) is 472 cm³/mol. The minimum Gasteiger partial charge on any atom is -0.508 e. The summed E-state index contributed by atoms with van der Waals surface area (Å²) >= 11 is 5.49. The molecule has 0 saturated heterocycles. The van der Waals surface area contributed by atoms with Crippen LogP contribution in [0, 0.1) is 5.92 Å². The van der Waals surface area contributed by atoms with Crippen molar-refractivity contribution in [3.8, 4) is 28.2 Å². The number of aromatic amines is 1. The first-order valence-corrected chi connectivity index (χ1v) is 41.5. The Labute approximate surface area is 755 Å². The van der Waals surface area contributed by atoms with Gasteiger partial charge < -0.3 is 125 Å². The zero-order valence-corrected chi connectivity index (χ0v) is 72.3. The number of para-hydroxylation sites is 1. The molecule has 24 N–H and O–H groups in total. The van der Waals surface area contributed by atoms with Crippen molar-refractivity contribution in [2.75, 3.05) is 5.32 Å². The lowest BCUT2D eigenvalue weighted by Gasteiger charge is -2.28. The normalized spacial score (nSPS) is 14.1. The van der Waals surface area contributed by atoms with Crippen LogP contribution >= 0.6 is 12.2 Å². The van der Waals surface area contributed by atoms with Crippen molar-refractivity contribution in [2.24, 2.45) is 11.7 Å². The summed E-state index contributed by atoms with van der Waals surface area (Å²) in [6.45, 7) is 6.39. The number of carbonyl (C=O) groups is 18. The average Bonchev–Trinajstić information content (AvgIpc) is 1.03. The molecular formula is C88H99N15O28S. The number of carboxylic acids is 6. The molecule has 5 aromatic carbocycles. The lowest BCUT2D eigenvalue weighted by Crippen LogP contribution is -2.62. The van der Waals surface area contributed by atoms with E-state index in [1.165, 1.54) is 93.7 Å². The van der Waals surface area contributed by atoms with E-state index in [4.69, 9.17) is 22.4 Å². The van der Waals surface area contributed by atoms with Crippen LogP contribution in [0.15, 0.2) is 155 Å². The molecule has 132 heavy (non-hydrogen) atoms. The molecule has 13 atom stereocenters. The smallest absolute Gasteiger partial charge is 0.336 e. The van der Waals surface area contributed by atoms with Gasteiger partial charge >= 0.3 is 35.8 Å². The SMILES string of the molecule is CC(C)C[C@H](NC(=O)[C@H](CC(=O)O)NC(=O)[C@H](CC(=O)O)NC(=O)[C@H](C)NC(=O)[C@@H](NC(=O)[C@H](Cc1ccccc1)NC(=O)[C@H](CC(=O)O)NC(=S)Nc1ccc(-c2c3ccc(=O)cc-3oc3cc(O)ccc23)c(C(=O)O)c1)[C@@H](C)O)C(=O)N[C@@H](CCC(=O)O)C(=O)N[C@@H](CCC(=O)O)C(=O)N[C@@H](Cc1c[nH]c2ccccc12)C(=O)N[C@@H](Cc1ccccc1)C(=O)N[C@@H](C)C(N)=O. The second kappa shape index (κ2) is 47.3. The first kappa shape index (κ1) is 102. The number of phenols is 1. The minimum absolute atomic E-state index is 0.00495. The van der Waals surface area contributed by atoms with Gasteiger partial charge in [0, 0.05) is 83.5 Å². The van der Waals surface area contributed by atoms with Crippen molar-refractivity contribution in [1.82, 2.24) is 68.8 Å². The number of rotatable bonds is 48. The molecule has 700 valence electrons. The number of phenolic OH excluding ortho intramolecular Hbond substituents is 1. The predicted octanol–water partition coefficient (Wildman–Crippen LogP) is 0.271. The molecule has 1 aliphatic heterocycles. The molecule has 0 fully saturated rings. The number of H-pyrrole nitrogens is 1. The number of primary amides is 1. The molecule has 2 aliphatic rings. The zero-order chi connectivity index (χ0) is 97.1. The molecule has 8 rings (SSSR count). The van der Waals surface area contributed by atoms with Gasteiger partial charge in [-0.3, -0.25) is 86.3 Å². The fraction of sp³-hybridized carbons (Fsp3) is 0.341. The lowest BCUT2D eigenvalue weighted by atomic mass is 9.90. The number of aromatic carboxylic acids is 1. The molecule has 0 saturated carbocycles. The monoisotopic (exact) mass is 1850 g/mol. The standard InChI is InChI=1S/C88H99N15O28S/c1-41(2)30-59(80(122)95-57(26-28-68(107)108)77(119)94-58(27-29-69(109)110)78(120)100-62(33-47-40-90-56-19-13-12-18-51(47)56)81(123)98-60(31-45-14-8-6-9-15-45)79(121)91-42(3)75(89)117)97-83(125)64(38-71(113)114)101-82(124)63(37-70(111)112)96-76(118)43(4)92-86(128)74(44(5)104)103-85(127)61(32-46-16-10-7-11-17-46)99-84(126)65(39-72(115)116)102-88(132)93-48-20-23-52(55(34-48)87(129)130)73-53-24-21-49(105)35-66(53)131-67-36-50(106)22-25-54(67)73/h6-25,34-36,40-44,57-65,74,90,104-105H,26-33,37-39H2,1-5H3,(H2,89,117)(H,91,121)(H,92,128)(H,94,119)(H,95,122)(H,96,118)(H,97,125)(H,98,123)(H,99,126)(H,100,120)(H,101,124)(H,103,127)(H,107,108)(H,109,110)(H,111,112)(H,113,114)(H,115,116)(H,129,130)(H2,93,102,132)/t42-,43-,44+,57-,58-,59-,60-,61-,62-,63-,64-,65-,74-/m0/s1. The van der Waals surface area contributed by atoms with E-state index in [0.29, 0.717) is 44.1 Å². The maximum Gasteiger partial charge on any atom is 0.336 e. The molecule has 1 aromatic heterocycles. The summed E-state index contributed by atoms with van der Waals surface area (Å²) < 4.78 is 5.90. The number of aliphatic carboxylic acids is 5. The van der Waals surface area contributed by atoms with Crippen molar-refractivity contribution in [3.05, 3.63) is 178 Å². The van der Waals surface area contributed by atoms with E-state index in [1.807, 2.05) is 5.32 Å². The number of carboxylic acid groups (broad SMARTS) is 6. The summed E-state index contributed by atoms with van der Waals surface area (Å²) in [6.07, 6.45) is -8.43. The number of hydrogen-bond acceptors (Lipinski definition) is 23. The van der Waals surface area contributed by atoms with Crippen molar-refractivity contribution >= 4 is 152 Å². The highest BCUT2D eigenvalue weighted by atomic mass is 32.1. The molecule has 2 heterocycles. The number of benzene rings is 6. The van der Waals surface area contributed by atoms with Gasteiger partial charge in [0.2, 0.25) is 70.9 Å². The number of aromatic hydroxyl groups is 1. The van der Waals surface area contributed by atoms with Gasteiger partial charge in [0.05, 0.1) is 30.9 Å². The quantitative estimate of drug-likeness (QED) is 0.0180.